The number of aliphatic hydroxyl groups excluding tert-OH is 3. The number of ether oxygens (including phenoxy) is 3. The molecule has 0 heterocycles. The van der Waals surface area contributed by atoms with Gasteiger partial charge < -0.3 is 29.5 Å². The van der Waals surface area contributed by atoms with Crippen LogP contribution in [0.1, 0.15) is 60.8 Å². The van der Waals surface area contributed by atoms with Crippen LogP contribution in [-0.2, 0) is 46.9 Å². The van der Waals surface area contributed by atoms with Crippen LogP contribution in [0.4, 0.5) is 0 Å². The van der Waals surface area contributed by atoms with Crippen LogP contribution in [0.3, 0.4) is 0 Å². The van der Waals surface area contributed by atoms with Crippen molar-refractivity contribution in [3.05, 3.63) is 0 Å². The number of hydrogen-bond acceptors (Lipinski definition) is 6. The molecule has 3 N–H and O–H groups in total. The molecule has 0 aromatic heterocycles. The Morgan fingerprint density at radius 3 is 0.773 bits per heavy atom. The minimum Gasteiger partial charge on any atom is -0.368 e. The molecule has 0 aliphatic rings. The molecule has 22 heavy (non-hydrogen) atoms. The largest absolute Gasteiger partial charge is 0.368 e. The molecule has 0 fully saturated rings. The zero-order valence-corrected chi connectivity index (χ0v) is 18.0. The standard InChI is InChI=1S/3C5H12O2.Y/c3*1-3-5(6)7-4-2;/h3*5-6H,3-4H2,1-2H3;. The summed E-state index contributed by atoms with van der Waals surface area (Å²) in [5.74, 6) is 0. The van der Waals surface area contributed by atoms with Crippen molar-refractivity contribution in [3.63, 3.8) is 0 Å². The Hall–Kier alpha value is 0.864. The van der Waals surface area contributed by atoms with Crippen LogP contribution in [0, 0.1) is 0 Å². The van der Waals surface area contributed by atoms with Gasteiger partial charge in [-0.15, -0.1) is 0 Å². The first-order valence-corrected chi connectivity index (χ1v) is 7.82. The monoisotopic (exact) mass is 401 g/mol. The molecule has 0 saturated carbocycles. The Morgan fingerprint density at radius 2 is 0.727 bits per heavy atom. The second-order valence-electron chi connectivity index (χ2n) is 3.95. The van der Waals surface area contributed by atoms with Crippen molar-refractivity contribution in [2.75, 3.05) is 19.8 Å². The normalized spacial score (nSPS) is 13.5. The second-order valence-corrected chi connectivity index (χ2v) is 3.95. The van der Waals surface area contributed by atoms with Gasteiger partial charge in [0.05, 0.1) is 0 Å². The Labute approximate surface area is 161 Å². The SMILES string of the molecule is CCOC(O)CC.CCOC(O)CC.CCOC(O)CC.[Y]. The van der Waals surface area contributed by atoms with Gasteiger partial charge in [0.1, 0.15) is 0 Å². The summed E-state index contributed by atoms with van der Waals surface area (Å²) >= 11 is 0. The van der Waals surface area contributed by atoms with Gasteiger partial charge in [-0.3, -0.25) is 0 Å². The van der Waals surface area contributed by atoms with Crippen molar-refractivity contribution in [1.82, 2.24) is 0 Å². The number of aliphatic hydroxyl groups is 3. The predicted octanol–water partition coefficient (Wildman–Crippen LogP) is 2.25. The molecule has 6 nitrogen and oxygen atoms in total. The van der Waals surface area contributed by atoms with Gasteiger partial charge in [-0.25, -0.2) is 0 Å². The van der Waals surface area contributed by atoms with Crippen molar-refractivity contribution >= 4 is 0 Å². The smallest absolute Gasteiger partial charge is 0.154 e. The van der Waals surface area contributed by atoms with Crippen LogP contribution < -0.4 is 0 Å². The Kier molecular flexibility index (Phi) is 37.3. The van der Waals surface area contributed by atoms with Gasteiger partial charge in [-0.05, 0) is 40.0 Å². The fourth-order valence-corrected chi connectivity index (χ4v) is 0.931. The summed E-state index contributed by atoms with van der Waals surface area (Å²) in [6, 6.07) is 0. The molecule has 0 bridgehead atoms. The van der Waals surface area contributed by atoms with E-state index in [2.05, 4.69) is 0 Å². The van der Waals surface area contributed by atoms with E-state index < -0.39 is 18.9 Å². The Morgan fingerprint density at radius 1 is 0.545 bits per heavy atom. The first kappa shape index (κ1) is 30.7. The van der Waals surface area contributed by atoms with Crippen LogP contribution in [0.2, 0.25) is 0 Å². The minimum absolute atomic E-state index is 0. The Bertz CT molecular complexity index is 146. The maximum atomic E-state index is 8.64. The molecule has 0 saturated heterocycles. The van der Waals surface area contributed by atoms with Crippen molar-refractivity contribution in [3.8, 4) is 0 Å². The molecule has 0 aliphatic carbocycles. The van der Waals surface area contributed by atoms with E-state index in [0.717, 1.165) is 0 Å². The van der Waals surface area contributed by atoms with E-state index >= 15 is 0 Å². The minimum atomic E-state index is -0.551. The molecule has 7 heteroatoms. The molecule has 3 unspecified atom stereocenters. The molecule has 135 valence electrons. The van der Waals surface area contributed by atoms with E-state index in [1.54, 1.807) is 0 Å². The summed E-state index contributed by atoms with van der Waals surface area (Å²) in [5.41, 5.74) is 0. The molecule has 0 aliphatic heterocycles. The third-order valence-corrected chi connectivity index (χ3v) is 2.12. The molecule has 3 atom stereocenters. The van der Waals surface area contributed by atoms with Crippen molar-refractivity contribution in [2.24, 2.45) is 0 Å². The van der Waals surface area contributed by atoms with Gasteiger partial charge in [0.2, 0.25) is 0 Å². The van der Waals surface area contributed by atoms with Crippen molar-refractivity contribution in [2.45, 2.75) is 79.7 Å². The third kappa shape index (κ3) is 32.7. The predicted molar refractivity (Wildman–Crippen MR) is 83.8 cm³/mol. The van der Waals surface area contributed by atoms with Crippen LogP contribution in [0.5, 0.6) is 0 Å². The van der Waals surface area contributed by atoms with Gasteiger partial charge >= 0.3 is 0 Å². The van der Waals surface area contributed by atoms with E-state index in [1.807, 2.05) is 41.5 Å². The quantitative estimate of drug-likeness (QED) is 0.514. The van der Waals surface area contributed by atoms with E-state index in [9.17, 15) is 0 Å². The molecular weight excluding hydrogens is 365 g/mol. The zero-order chi connectivity index (χ0) is 17.1. The molecule has 0 aromatic carbocycles. The molecule has 0 rings (SSSR count). The number of hydrogen-bond donors (Lipinski definition) is 3. The van der Waals surface area contributed by atoms with Crippen LogP contribution >= 0.6 is 0 Å². The summed E-state index contributed by atoms with van der Waals surface area (Å²) in [7, 11) is 0. The summed E-state index contributed by atoms with van der Waals surface area (Å²) in [5, 5.41) is 25.9. The van der Waals surface area contributed by atoms with Crippen molar-refractivity contribution in [1.29, 1.82) is 0 Å². The average Bonchev–Trinajstić information content (AvgIpc) is 2.49. The molecule has 0 aromatic rings. The summed E-state index contributed by atoms with van der Waals surface area (Å²) in [4.78, 5) is 0. The molecule has 1 radical (unpaired) electrons. The van der Waals surface area contributed by atoms with E-state index in [1.165, 1.54) is 0 Å². The van der Waals surface area contributed by atoms with Gasteiger partial charge in [-0.1, -0.05) is 20.8 Å². The molecule has 0 amide bonds. The van der Waals surface area contributed by atoms with E-state index in [-0.39, 0.29) is 32.7 Å². The van der Waals surface area contributed by atoms with Crippen LogP contribution in [-0.4, -0.2) is 54.0 Å². The van der Waals surface area contributed by atoms with Gasteiger partial charge in [0.25, 0.3) is 0 Å². The van der Waals surface area contributed by atoms with E-state index in [4.69, 9.17) is 29.5 Å². The van der Waals surface area contributed by atoms with Crippen molar-refractivity contribution < 1.29 is 62.2 Å². The summed E-state index contributed by atoms with van der Waals surface area (Å²) in [6.45, 7) is 13.0. The maximum absolute atomic E-state index is 8.64. The average molecular weight is 401 g/mol. The summed E-state index contributed by atoms with van der Waals surface area (Å²) in [6.07, 6.45) is 0.371. The van der Waals surface area contributed by atoms with Crippen LogP contribution in [0.15, 0.2) is 0 Å². The summed E-state index contributed by atoms with van der Waals surface area (Å²) < 4.78 is 14.2. The first-order valence-electron chi connectivity index (χ1n) is 7.82. The van der Waals surface area contributed by atoms with Gasteiger partial charge in [0.15, 0.2) is 18.9 Å². The maximum Gasteiger partial charge on any atom is 0.154 e. The first-order chi connectivity index (χ1) is 9.92. The topological polar surface area (TPSA) is 88.4 Å². The third-order valence-electron chi connectivity index (χ3n) is 2.12. The van der Waals surface area contributed by atoms with E-state index in [0.29, 0.717) is 39.1 Å². The van der Waals surface area contributed by atoms with Crippen LogP contribution in [0.25, 0.3) is 0 Å². The number of rotatable bonds is 9. The molecule has 0 spiro atoms. The van der Waals surface area contributed by atoms with Gasteiger partial charge in [-0.2, -0.15) is 0 Å². The zero-order valence-electron chi connectivity index (χ0n) is 15.1. The molecular formula is C15H36O6Y. The fraction of sp³-hybridized carbons (Fsp3) is 1.00. The van der Waals surface area contributed by atoms with Gasteiger partial charge in [0, 0.05) is 52.5 Å². The second kappa shape index (κ2) is 26.7. The fourth-order valence-electron chi connectivity index (χ4n) is 0.931. The Balaban J connectivity index is -0.000000108.